The Bertz CT molecular complexity index is 1200. The second-order valence-corrected chi connectivity index (χ2v) is 8.64. The van der Waals surface area contributed by atoms with Gasteiger partial charge < -0.3 is 9.90 Å². The normalized spacial score (nSPS) is 25.3. The molecule has 152 valence electrons. The second kappa shape index (κ2) is 6.28. The molecule has 5 nitrogen and oxygen atoms in total. The average molecular weight is 429 g/mol. The zero-order valence-electron chi connectivity index (χ0n) is 16.1. The summed E-state index contributed by atoms with van der Waals surface area (Å²) >= 11 is 6.10. The fraction of sp³-hybridized carbons (Fsp3) is 0.160. The Kier molecular flexibility index (Phi) is 3.72. The first-order valence-corrected chi connectivity index (χ1v) is 10.4. The number of carbonyl (C=O) groups excluding carboxylic acids is 3. The van der Waals surface area contributed by atoms with Gasteiger partial charge in [-0.1, -0.05) is 60.1 Å². The molecule has 0 saturated carbocycles. The van der Waals surface area contributed by atoms with Crippen LogP contribution in [-0.2, 0) is 9.59 Å². The molecule has 3 aromatic carbocycles. The number of imide groups is 1. The lowest BCUT2D eigenvalue weighted by molar-refractivity contribution is -0.255. The van der Waals surface area contributed by atoms with Crippen LogP contribution in [-0.4, -0.2) is 17.8 Å². The Morgan fingerprint density at radius 3 is 1.61 bits per heavy atom. The van der Waals surface area contributed by atoms with Gasteiger partial charge in [0.15, 0.2) is 0 Å². The summed E-state index contributed by atoms with van der Waals surface area (Å²) < 4.78 is 0. The van der Waals surface area contributed by atoms with Crippen LogP contribution in [0.1, 0.15) is 44.4 Å². The van der Waals surface area contributed by atoms with Crippen LogP contribution in [0.3, 0.4) is 0 Å². The Labute approximate surface area is 182 Å². The highest BCUT2D eigenvalue weighted by molar-refractivity contribution is 6.34. The first kappa shape index (κ1) is 18.3. The third kappa shape index (κ3) is 2.29. The van der Waals surface area contributed by atoms with E-state index < -0.39 is 17.8 Å². The molecule has 1 fully saturated rings. The molecular formula is C25H15ClNO4-. The van der Waals surface area contributed by atoms with E-state index in [9.17, 15) is 19.5 Å². The van der Waals surface area contributed by atoms with Crippen LogP contribution in [0.2, 0.25) is 5.02 Å². The molecular weight excluding hydrogens is 414 g/mol. The van der Waals surface area contributed by atoms with Crippen LogP contribution in [0.25, 0.3) is 0 Å². The number of aromatic carboxylic acids is 1. The number of hydrogen-bond acceptors (Lipinski definition) is 4. The molecule has 6 heteroatoms. The van der Waals surface area contributed by atoms with Crippen LogP contribution in [0.5, 0.6) is 0 Å². The average Bonchev–Trinajstić information content (AvgIpc) is 3.04. The van der Waals surface area contributed by atoms with Crippen LogP contribution < -0.4 is 10.0 Å². The molecule has 2 amide bonds. The first-order chi connectivity index (χ1) is 15.0. The van der Waals surface area contributed by atoms with Crippen molar-refractivity contribution in [3.63, 3.8) is 0 Å². The largest absolute Gasteiger partial charge is 0.545 e. The molecule has 0 radical (unpaired) electrons. The number of benzene rings is 3. The van der Waals surface area contributed by atoms with Crippen molar-refractivity contribution in [1.82, 2.24) is 0 Å². The van der Waals surface area contributed by atoms with Crippen LogP contribution in [0, 0.1) is 11.8 Å². The molecule has 1 heterocycles. The van der Waals surface area contributed by atoms with Gasteiger partial charge in [0.1, 0.15) is 0 Å². The molecule has 2 unspecified atom stereocenters. The fourth-order valence-electron chi connectivity index (χ4n) is 5.74. The van der Waals surface area contributed by atoms with Crippen LogP contribution in [0.15, 0.2) is 66.7 Å². The van der Waals surface area contributed by atoms with Gasteiger partial charge in [0.25, 0.3) is 0 Å². The molecule has 0 spiro atoms. The summed E-state index contributed by atoms with van der Waals surface area (Å²) in [5.41, 5.74) is 4.50. The summed E-state index contributed by atoms with van der Waals surface area (Å²) in [5, 5.41) is 11.1. The molecule has 7 rings (SSSR count). The minimum atomic E-state index is -1.41. The van der Waals surface area contributed by atoms with E-state index in [2.05, 4.69) is 0 Å². The number of amides is 2. The molecule has 1 aliphatic heterocycles. The molecule has 3 aliphatic carbocycles. The highest BCUT2D eigenvalue weighted by Crippen LogP contribution is 2.61. The summed E-state index contributed by atoms with van der Waals surface area (Å²) in [4.78, 5) is 39.6. The molecule has 0 N–H and O–H groups in total. The van der Waals surface area contributed by atoms with E-state index in [0.29, 0.717) is 0 Å². The van der Waals surface area contributed by atoms with Crippen LogP contribution >= 0.6 is 11.6 Å². The van der Waals surface area contributed by atoms with Crippen molar-refractivity contribution in [3.8, 4) is 0 Å². The maximum Gasteiger partial charge on any atom is 0.238 e. The zero-order chi connectivity index (χ0) is 21.4. The topological polar surface area (TPSA) is 77.5 Å². The maximum atomic E-state index is 13.6. The Balaban J connectivity index is 1.52. The van der Waals surface area contributed by atoms with E-state index in [4.69, 9.17) is 11.6 Å². The molecule has 3 aromatic rings. The van der Waals surface area contributed by atoms with E-state index in [1.165, 1.54) is 23.1 Å². The van der Waals surface area contributed by atoms with Crippen molar-refractivity contribution in [2.24, 2.45) is 11.8 Å². The van der Waals surface area contributed by atoms with Crippen molar-refractivity contribution in [1.29, 1.82) is 0 Å². The third-order valence-corrected chi connectivity index (χ3v) is 7.19. The highest BCUT2D eigenvalue weighted by atomic mass is 35.5. The molecule has 2 atom stereocenters. The number of carboxylic acid groups (broad SMARTS) is 1. The number of hydrogen-bond donors (Lipinski definition) is 0. The lowest BCUT2D eigenvalue weighted by Gasteiger charge is -2.45. The van der Waals surface area contributed by atoms with E-state index in [1.54, 1.807) is 0 Å². The van der Waals surface area contributed by atoms with Gasteiger partial charge in [-0.2, -0.15) is 0 Å². The molecule has 1 saturated heterocycles. The number of rotatable bonds is 2. The summed E-state index contributed by atoms with van der Waals surface area (Å²) in [6.45, 7) is 0. The molecule has 0 aromatic heterocycles. The van der Waals surface area contributed by atoms with Crippen molar-refractivity contribution >= 4 is 35.1 Å². The Morgan fingerprint density at radius 2 is 1.23 bits per heavy atom. The Morgan fingerprint density at radius 1 is 0.774 bits per heavy atom. The van der Waals surface area contributed by atoms with Gasteiger partial charge in [-0.3, -0.25) is 9.59 Å². The SMILES string of the molecule is O=C([O-])c1ccc(N2C(=O)C3C4c5ccccc5C(c5ccccc54)C3C2=O)cc1Cl. The zero-order valence-corrected chi connectivity index (χ0v) is 16.9. The van der Waals surface area contributed by atoms with E-state index >= 15 is 0 Å². The Hall–Kier alpha value is -3.44. The van der Waals surface area contributed by atoms with E-state index in [0.717, 1.165) is 22.3 Å². The standard InChI is InChI=1S/C25H16ClNO4/c26-18-11-12(9-10-17(18)25(30)31)27-23(28)21-19-13-5-1-2-6-14(13)20(22(21)24(27)29)16-8-4-3-7-15(16)19/h1-11,19-22H,(H,30,31)/p-1. The van der Waals surface area contributed by atoms with Gasteiger partial charge in [-0.25, -0.2) is 4.90 Å². The number of halogens is 1. The smallest absolute Gasteiger partial charge is 0.238 e. The van der Waals surface area contributed by atoms with Crippen molar-refractivity contribution < 1.29 is 19.5 Å². The predicted molar refractivity (Wildman–Crippen MR) is 112 cm³/mol. The fourth-order valence-corrected chi connectivity index (χ4v) is 5.99. The number of carbonyl (C=O) groups is 3. The van der Waals surface area contributed by atoms with E-state index in [1.807, 2.05) is 48.5 Å². The predicted octanol–water partition coefficient (Wildman–Crippen LogP) is 3.10. The van der Waals surface area contributed by atoms with Crippen molar-refractivity contribution in [2.45, 2.75) is 11.8 Å². The van der Waals surface area contributed by atoms with Crippen LogP contribution in [0.4, 0.5) is 5.69 Å². The molecule has 31 heavy (non-hydrogen) atoms. The van der Waals surface area contributed by atoms with Gasteiger partial charge in [-0.05, 0) is 40.5 Å². The van der Waals surface area contributed by atoms with Gasteiger partial charge in [0.2, 0.25) is 11.8 Å². The third-order valence-electron chi connectivity index (χ3n) is 6.88. The van der Waals surface area contributed by atoms with Crippen molar-refractivity contribution in [3.05, 3.63) is 99.6 Å². The lowest BCUT2D eigenvalue weighted by Crippen LogP contribution is -2.41. The van der Waals surface area contributed by atoms with Gasteiger partial charge in [-0.15, -0.1) is 0 Å². The minimum Gasteiger partial charge on any atom is -0.545 e. The summed E-state index contributed by atoms with van der Waals surface area (Å²) in [5.74, 6) is -3.34. The highest BCUT2D eigenvalue weighted by Gasteiger charge is 2.61. The van der Waals surface area contributed by atoms with Gasteiger partial charge >= 0.3 is 0 Å². The van der Waals surface area contributed by atoms with Gasteiger partial charge in [0.05, 0.1) is 28.5 Å². The molecule has 2 bridgehead atoms. The molecule has 4 aliphatic rings. The second-order valence-electron chi connectivity index (χ2n) is 8.23. The number of anilines is 1. The summed E-state index contributed by atoms with van der Waals surface area (Å²) in [7, 11) is 0. The van der Waals surface area contributed by atoms with E-state index in [-0.39, 0.29) is 39.9 Å². The number of carboxylic acids is 1. The lowest BCUT2D eigenvalue weighted by atomic mass is 9.55. The van der Waals surface area contributed by atoms with Gasteiger partial charge in [0, 0.05) is 17.4 Å². The summed E-state index contributed by atoms with van der Waals surface area (Å²) in [6.07, 6.45) is 0. The first-order valence-electron chi connectivity index (χ1n) is 10.1. The van der Waals surface area contributed by atoms with Crippen molar-refractivity contribution in [2.75, 3.05) is 4.90 Å². The maximum absolute atomic E-state index is 13.6. The number of nitrogens with zero attached hydrogens (tertiary/aromatic N) is 1. The minimum absolute atomic E-state index is 0.0671. The summed E-state index contributed by atoms with van der Waals surface area (Å²) in [6, 6.07) is 20.1. The quantitative estimate of drug-likeness (QED) is 0.588. The monoisotopic (exact) mass is 428 g/mol.